The van der Waals surface area contributed by atoms with Gasteiger partial charge in [0.1, 0.15) is 58.7 Å². The normalized spacial score (nSPS) is 24.1. The molecule has 2 aliphatic carbocycles. The lowest BCUT2D eigenvalue weighted by Gasteiger charge is -2.28. The van der Waals surface area contributed by atoms with Crippen molar-refractivity contribution in [3.63, 3.8) is 0 Å². The molecular weight excluding hydrogens is 1320 g/mol. The number of hydrogen-bond donors (Lipinski definition) is 7. The second-order valence-electron chi connectivity index (χ2n) is 27.2. The van der Waals surface area contributed by atoms with Gasteiger partial charge in [0.15, 0.2) is 0 Å². The van der Waals surface area contributed by atoms with Crippen LogP contribution in [-0.4, -0.2) is 205 Å². The van der Waals surface area contributed by atoms with E-state index < -0.39 is 119 Å². The highest BCUT2D eigenvalue weighted by atomic mass is 19.0. The molecule has 32 nitrogen and oxygen atoms in total. The van der Waals surface area contributed by atoms with E-state index >= 15 is 0 Å². The van der Waals surface area contributed by atoms with Crippen LogP contribution in [0.4, 0.5) is 23.9 Å². The molecule has 10 amide bonds. The van der Waals surface area contributed by atoms with Gasteiger partial charge in [0.05, 0.1) is 25.9 Å². The molecule has 11 atom stereocenters. The van der Waals surface area contributed by atoms with Crippen LogP contribution in [0, 0.1) is 11.8 Å². The van der Waals surface area contributed by atoms with E-state index in [0.29, 0.717) is 70.1 Å². The molecule has 10 N–H and O–H groups in total. The van der Waals surface area contributed by atoms with E-state index in [0.717, 1.165) is 23.7 Å². The van der Waals surface area contributed by atoms with Crippen molar-refractivity contribution in [2.45, 2.75) is 287 Å². The second-order valence-corrected chi connectivity index (χ2v) is 27.2. The van der Waals surface area contributed by atoms with Gasteiger partial charge in [0.2, 0.25) is 35.4 Å². The predicted octanol–water partition coefficient (Wildman–Crippen LogP) is 6.76. The third-order valence-corrected chi connectivity index (χ3v) is 14.5. The van der Waals surface area contributed by atoms with Gasteiger partial charge in [-0.05, 0) is 173 Å². The van der Waals surface area contributed by atoms with Crippen molar-refractivity contribution in [1.82, 2.24) is 35.6 Å². The van der Waals surface area contributed by atoms with Gasteiger partial charge in [-0.25, -0.2) is 43.3 Å². The monoisotopic (exact) mass is 1430 g/mol. The molecule has 0 unspecified atom stereocenters. The molecule has 9 rings (SSSR count). The summed E-state index contributed by atoms with van der Waals surface area (Å²) < 4.78 is 35.2. The Hall–Kier alpha value is -8.65. The lowest BCUT2D eigenvalue weighted by atomic mass is 10.1. The minimum atomic E-state index is -0.944. The standard InChI is InChI=1S/C12H19NO5.C12H19NO4.C11H18N2O3.C10H16N2O3.C7H11NO3.C6H10N2O.C5H7NO3.4CH4.FH.H2/c1-5-17-10(15)8-6-7-9(14)13(8)11(16)18-12(2,3)4;1-5-16-10(14)9-7-6-8-13(9)11(15)17-12(2,3)4;1-11(2,3)16-10(15)13-7-4-6(7)5-8(13)9(12)14;1-10(2,3)15-9(14)12-6-4-5-7(12)8(11)13;1-2-11-7(10)5-3-4-6(9)8-5;7-6(9)5-2-3-1-4(3)8-5;7-4-2-1-3(6-4)5(8)9;;;;;;/h8H,5-7H2,1-4H3;6,8-9H,5,7H2,1-4H3;6-8H,4-5H2,1-3H3,(H2,12,14);4,6-7H,5H2,1-3H3,(H2,11,13);5H,2-4H2,1H3,(H,8,9);3-5,8H,1-2H2,(H2,7,9);3H,1-2H2,(H,6,7)(H,8,9);4*1H4;2*1H/t8-;9-;6-,7-,8-;7-;5-;3-,4-,5-;3-;;;;;;/m0000000....../s1. The molecule has 576 valence electrons. The van der Waals surface area contributed by atoms with Crippen LogP contribution in [0.15, 0.2) is 24.6 Å². The molecule has 9 aliphatic rings. The number of hydrogen-bond acceptors (Lipinski definition) is 22. The number of aliphatic carboxylic acids is 1. The first kappa shape index (κ1) is 95.5. The number of carboxylic acids is 1. The minimum absolute atomic E-state index is 0. The fourth-order valence-corrected chi connectivity index (χ4v) is 10.1. The highest BCUT2D eigenvalue weighted by molar-refractivity contribution is 5.99. The Morgan fingerprint density at radius 1 is 0.490 bits per heavy atom. The SMILES string of the molecule is C.C.C.C.CC(C)(C)OC(=O)N1C=CC[C@H]1C(N)=O.CC(C)(C)OC(=O)N1[C@H](C(N)=O)C[C@@H]2C[C@@H]21.CCOC(=O)[C@@H]1CC=CN1C(=O)OC(C)(C)C.CCOC(=O)[C@@H]1CCC(=O)N1.CCOC(=O)[C@@H]1CCC(=O)N1C(=O)OC(C)(C)C.F.NC(=O)[C@@H]1C[C@@H]2C[C@@H]2N1.O=C1CC[C@@H](C(=O)O)N1.[HH]. The Balaban J connectivity index is -0.000000544. The van der Waals surface area contributed by atoms with Crippen molar-refractivity contribution in [3.8, 4) is 0 Å². The van der Waals surface area contributed by atoms with E-state index in [-0.39, 0.29) is 91.1 Å². The Labute approximate surface area is 589 Å². The Bertz CT molecular complexity index is 2860. The van der Waals surface area contributed by atoms with E-state index in [9.17, 15) is 67.1 Å². The van der Waals surface area contributed by atoms with Crippen LogP contribution in [0.2, 0.25) is 0 Å². The van der Waals surface area contributed by atoms with Crippen molar-refractivity contribution in [3.05, 3.63) is 24.6 Å². The highest BCUT2D eigenvalue weighted by Gasteiger charge is 2.57. The number of ether oxygens (including phenoxy) is 7. The number of imide groups is 1. The zero-order valence-electron chi connectivity index (χ0n) is 57.7. The summed E-state index contributed by atoms with van der Waals surface area (Å²) >= 11 is 0. The van der Waals surface area contributed by atoms with Crippen molar-refractivity contribution >= 4 is 83.7 Å². The maximum Gasteiger partial charge on any atom is 0.417 e. The molecule has 7 heterocycles. The largest absolute Gasteiger partial charge is 0.480 e. The number of carbonyl (C=O) groups is 14. The topological polar surface area (TPSA) is 451 Å². The van der Waals surface area contributed by atoms with Gasteiger partial charge in [-0.3, -0.25) is 48.2 Å². The van der Waals surface area contributed by atoms with Crippen molar-refractivity contribution in [2.75, 3.05) is 19.8 Å². The number of carboxylic acid groups (broad SMARTS) is 1. The van der Waals surface area contributed by atoms with Crippen LogP contribution in [0.3, 0.4) is 0 Å². The van der Waals surface area contributed by atoms with Gasteiger partial charge in [0.25, 0.3) is 0 Å². The predicted molar refractivity (Wildman–Crippen MR) is 368 cm³/mol. The maximum absolute atomic E-state index is 11.9. The highest BCUT2D eigenvalue weighted by Crippen LogP contribution is 2.48. The van der Waals surface area contributed by atoms with Gasteiger partial charge in [0, 0.05) is 45.2 Å². The molecule has 0 aromatic rings. The van der Waals surface area contributed by atoms with Crippen LogP contribution < -0.4 is 33.2 Å². The molecule has 0 radical (unpaired) electrons. The summed E-state index contributed by atoms with van der Waals surface area (Å²) in [6.45, 7) is 27.2. The Kier molecular flexibility index (Phi) is 39.9. The van der Waals surface area contributed by atoms with Gasteiger partial charge in [-0.2, -0.15) is 0 Å². The van der Waals surface area contributed by atoms with Crippen LogP contribution in [0.25, 0.3) is 0 Å². The second kappa shape index (κ2) is 41.8. The molecule has 7 aliphatic heterocycles. The molecule has 5 saturated heterocycles. The summed E-state index contributed by atoms with van der Waals surface area (Å²) in [5.74, 6) is -2.79. The number of primary amides is 3. The van der Waals surface area contributed by atoms with Crippen LogP contribution in [0.5, 0.6) is 0 Å². The van der Waals surface area contributed by atoms with Crippen LogP contribution >= 0.6 is 0 Å². The zero-order valence-corrected chi connectivity index (χ0v) is 57.7. The van der Waals surface area contributed by atoms with E-state index in [2.05, 4.69) is 16.0 Å². The average molecular weight is 1440 g/mol. The van der Waals surface area contributed by atoms with E-state index in [1.165, 1.54) is 27.3 Å². The quantitative estimate of drug-likeness (QED) is 0.0877. The van der Waals surface area contributed by atoms with E-state index in [1.807, 2.05) is 20.8 Å². The molecule has 33 heteroatoms. The molecule has 0 aromatic carbocycles. The van der Waals surface area contributed by atoms with Crippen molar-refractivity contribution in [2.24, 2.45) is 29.0 Å². The first-order chi connectivity index (χ1) is 43.9. The zero-order chi connectivity index (χ0) is 72.2. The summed E-state index contributed by atoms with van der Waals surface area (Å²) in [7, 11) is 0. The van der Waals surface area contributed by atoms with Gasteiger partial charge >= 0.3 is 48.3 Å². The lowest BCUT2D eigenvalue weighted by Crippen LogP contribution is -2.47. The number of piperidine rings is 2. The number of carbonyl (C=O) groups excluding carboxylic acids is 13. The molecule has 0 spiro atoms. The lowest BCUT2D eigenvalue weighted by molar-refractivity contribution is -0.151. The third-order valence-electron chi connectivity index (χ3n) is 14.5. The van der Waals surface area contributed by atoms with E-state index in [4.69, 9.17) is 55.5 Å². The minimum Gasteiger partial charge on any atom is -0.480 e. The van der Waals surface area contributed by atoms with Crippen molar-refractivity contribution in [1.29, 1.82) is 0 Å². The van der Waals surface area contributed by atoms with E-state index in [1.54, 1.807) is 101 Å². The molecule has 2 saturated carbocycles. The number of nitrogens with two attached hydrogens (primary N) is 3. The van der Waals surface area contributed by atoms with Crippen LogP contribution in [-0.2, 0) is 81.1 Å². The number of nitrogens with one attached hydrogen (secondary N) is 3. The first-order valence-corrected chi connectivity index (χ1v) is 31.8. The Morgan fingerprint density at radius 2 is 0.900 bits per heavy atom. The Morgan fingerprint density at radius 3 is 1.27 bits per heavy atom. The number of amides is 10. The summed E-state index contributed by atoms with van der Waals surface area (Å²) in [5.41, 5.74) is 13.1. The molecule has 0 bridgehead atoms. The number of halogens is 1. The maximum atomic E-state index is 11.9. The van der Waals surface area contributed by atoms with Gasteiger partial charge < -0.3 is 71.4 Å². The third kappa shape index (κ3) is 32.1. The number of nitrogens with zero attached hydrogens (tertiary/aromatic N) is 4. The number of esters is 3. The van der Waals surface area contributed by atoms with Gasteiger partial charge in [-0.1, -0.05) is 41.9 Å². The summed E-state index contributed by atoms with van der Waals surface area (Å²) in [5, 5.41) is 16.3. The average Bonchev–Trinajstić information content (AvgIpc) is 1.59. The number of likely N-dealkylation sites (tertiary alicyclic amines) is 2. The number of fused-ring (bicyclic) bond motifs is 2. The molecule has 0 aromatic heterocycles. The first-order valence-electron chi connectivity index (χ1n) is 31.8. The summed E-state index contributed by atoms with van der Waals surface area (Å²) in [4.78, 5) is 162. The molecule has 100 heavy (non-hydrogen) atoms. The smallest absolute Gasteiger partial charge is 0.417 e. The van der Waals surface area contributed by atoms with Crippen LogP contribution in [0.1, 0.15) is 212 Å². The molecule has 7 fully saturated rings. The number of rotatable bonds is 10. The summed E-state index contributed by atoms with van der Waals surface area (Å²) in [6, 6.07) is -2.79. The fraction of sp³-hybridized carbons (Fsp3) is 0.731. The fourth-order valence-electron chi connectivity index (χ4n) is 10.1. The summed E-state index contributed by atoms with van der Waals surface area (Å²) in [6.07, 6.45) is 11.3. The van der Waals surface area contributed by atoms with Crippen molar-refractivity contribution < 1.29 is 112 Å². The molecular formula is C67H119FN10O22. The van der Waals surface area contributed by atoms with Gasteiger partial charge in [-0.15, -0.1) is 0 Å².